The van der Waals surface area contributed by atoms with Gasteiger partial charge in [0.2, 0.25) is 0 Å². The van der Waals surface area contributed by atoms with Crippen LogP contribution in [0.15, 0.2) is 109 Å². The number of nitrogens with one attached hydrogen (secondary N) is 2. The lowest BCUT2D eigenvalue weighted by Crippen LogP contribution is -2.46. The Balaban J connectivity index is 0.000000953. The van der Waals surface area contributed by atoms with Gasteiger partial charge in [0.05, 0.1) is 17.8 Å². The Morgan fingerprint density at radius 3 is 0.945 bits per heavy atom. The van der Waals surface area contributed by atoms with Gasteiger partial charge in [-0.05, 0) is 134 Å². The maximum atomic E-state index is 13.1. The first-order valence-corrected chi connectivity index (χ1v) is 30.8. The number of phenols is 2. The van der Waals surface area contributed by atoms with Crippen LogP contribution in [0.3, 0.4) is 0 Å². The van der Waals surface area contributed by atoms with E-state index in [1.54, 1.807) is 38.1 Å². The van der Waals surface area contributed by atoms with Gasteiger partial charge in [-0.25, -0.2) is 29.9 Å². The van der Waals surface area contributed by atoms with Crippen LogP contribution >= 0.6 is 0 Å². The molecule has 0 aliphatic rings. The third-order valence-electron chi connectivity index (χ3n) is 15.5. The number of carbonyl (C=O) groups excluding carboxylic acids is 2. The fraction of sp³-hybridized carbons (Fsp3) is 0.429. The molecule has 6 aromatic carbocycles. The number of rotatable bonds is 24. The number of ether oxygens (including phenoxy) is 2. The summed E-state index contributed by atoms with van der Waals surface area (Å²) in [6.45, 7) is 30.8. The van der Waals surface area contributed by atoms with Crippen molar-refractivity contribution in [2.24, 2.45) is 17.8 Å². The smallest absolute Gasteiger partial charge is 0.262 e. The van der Waals surface area contributed by atoms with Crippen LogP contribution in [0.4, 0.5) is 0 Å². The van der Waals surface area contributed by atoms with Gasteiger partial charge in [0.15, 0.2) is 47.2 Å². The summed E-state index contributed by atoms with van der Waals surface area (Å²) >= 11 is 0. The number of aromatic nitrogens is 6. The first-order valence-electron chi connectivity index (χ1n) is 30.8. The number of amides is 2. The minimum atomic E-state index is -1.00. The number of benzene rings is 6. The summed E-state index contributed by atoms with van der Waals surface area (Å²) in [6.07, 6.45) is 9.52. The first-order chi connectivity index (χ1) is 41.4. The van der Waals surface area contributed by atoms with E-state index in [-0.39, 0.29) is 71.0 Å². The molecule has 0 saturated heterocycles. The predicted molar refractivity (Wildman–Crippen MR) is 378 cm³/mol. The van der Waals surface area contributed by atoms with Crippen LogP contribution in [0, 0.1) is 73.1 Å². The molecule has 0 aliphatic heterocycles. The maximum absolute atomic E-state index is 13.1. The highest BCUT2D eigenvalue weighted by molar-refractivity contribution is 5.83. The number of aromatic hydroxyl groups is 2. The van der Waals surface area contributed by atoms with Crippen molar-refractivity contribution in [3.8, 4) is 91.3 Å². The second-order valence-corrected chi connectivity index (χ2v) is 24.5. The molecule has 14 heteroatoms. The third-order valence-corrected chi connectivity index (χ3v) is 15.5. The topological polar surface area (TPSA) is 194 Å². The molecule has 14 nitrogen and oxygen atoms in total. The van der Waals surface area contributed by atoms with Gasteiger partial charge in [-0.3, -0.25) is 9.59 Å². The van der Waals surface area contributed by atoms with Crippen molar-refractivity contribution in [3.63, 3.8) is 0 Å². The van der Waals surface area contributed by atoms with Gasteiger partial charge in [-0.2, -0.15) is 0 Å². The summed E-state index contributed by atoms with van der Waals surface area (Å²) in [6, 6.07) is 33.5. The van der Waals surface area contributed by atoms with E-state index >= 15 is 0 Å². The monoisotopic (exact) mass is 1240 g/mol. The molecule has 8 aromatic rings. The van der Waals surface area contributed by atoms with E-state index < -0.39 is 24.0 Å². The van der Waals surface area contributed by atoms with E-state index in [9.17, 15) is 19.8 Å². The molecule has 0 saturated carbocycles. The highest BCUT2D eigenvalue weighted by Crippen LogP contribution is 2.37. The quantitative estimate of drug-likeness (QED) is 0.0331. The average Bonchev–Trinajstić information content (AvgIpc) is 0.967. The first kappa shape index (κ1) is 76.7. The van der Waals surface area contributed by atoms with Crippen molar-refractivity contribution in [2.75, 3.05) is 6.67 Å². The highest BCUT2D eigenvalue weighted by Gasteiger charge is 2.23. The van der Waals surface area contributed by atoms with Crippen LogP contribution in [0.5, 0.6) is 23.0 Å². The summed E-state index contributed by atoms with van der Waals surface area (Å²) in [5.74, 6) is 4.26. The third kappa shape index (κ3) is 21.9. The molecular formula is C77H106N8O6. The Hall–Kier alpha value is -8.52. The number of aryl methyl sites for hydroxylation is 8. The number of unbranched alkanes of at least 4 members (excludes halogenated alkanes) is 3. The Morgan fingerprint density at radius 2 is 0.659 bits per heavy atom. The molecule has 2 aromatic heterocycles. The standard InChI is InChI=1S/C57H56N8O6.C16H34.4CH4/c1-30-11-17-42(34(5)23-30)50-60-51(43-18-12-31(2)24-35(43)6)63-54(62-50)46-21-15-40(27-48(46)66)70-38(9)56(68)58-29-59-57(69)39(10)71-41-16-22-47(49(67)28-41)55-64-52(44-19-13-32(3)25-36(44)7)61-53(65-55)45-20-14-33(4)26-37(45)8;1-14(2)10-8-6-7-9-11-16(5)13-12-15(3)4;;;;/h11-28,38-39,66-67H,29H2,1-10H3,(H,58,68)(H,59,69);14-16H,6-13H2,1-5H3;4*1H4. The molecular weight excluding hydrogens is 1130 g/mol. The average molecular weight is 1240 g/mol. The van der Waals surface area contributed by atoms with E-state index in [2.05, 4.69) is 69.5 Å². The molecule has 4 N–H and O–H groups in total. The molecule has 2 heterocycles. The number of phenolic OH excluding ortho intramolecular Hbond substituents is 2. The second-order valence-electron chi connectivity index (χ2n) is 24.5. The second kappa shape index (κ2) is 35.8. The zero-order valence-electron chi connectivity index (χ0n) is 53.9. The van der Waals surface area contributed by atoms with Crippen LogP contribution in [0.1, 0.15) is 174 Å². The predicted octanol–water partition coefficient (Wildman–Crippen LogP) is 19.0. The van der Waals surface area contributed by atoms with E-state index in [0.717, 1.165) is 84.5 Å². The summed E-state index contributed by atoms with van der Waals surface area (Å²) in [4.78, 5) is 55.2. The molecule has 91 heavy (non-hydrogen) atoms. The Morgan fingerprint density at radius 1 is 0.374 bits per heavy atom. The molecule has 490 valence electrons. The van der Waals surface area contributed by atoms with E-state index in [1.165, 1.54) is 63.5 Å². The lowest BCUT2D eigenvalue weighted by molar-refractivity contribution is -0.129. The lowest BCUT2D eigenvalue weighted by Gasteiger charge is -2.18. The Kier molecular flexibility index (Phi) is 30.2. The lowest BCUT2D eigenvalue weighted by atomic mass is 9.94. The van der Waals surface area contributed by atoms with Crippen LogP contribution in [-0.4, -0.2) is 70.8 Å². The number of nitrogens with zero attached hydrogens (tertiary/aromatic N) is 6. The van der Waals surface area contributed by atoms with Crippen molar-refractivity contribution in [1.82, 2.24) is 40.5 Å². The summed E-state index contributed by atoms with van der Waals surface area (Å²) in [5.41, 5.74) is 12.6. The number of hydrogen-bond donors (Lipinski definition) is 4. The zero-order chi connectivity index (χ0) is 63.1. The minimum Gasteiger partial charge on any atom is -0.507 e. The summed E-state index contributed by atoms with van der Waals surface area (Å²) in [7, 11) is 0. The Bertz CT molecular complexity index is 3310. The number of hydrogen-bond acceptors (Lipinski definition) is 12. The van der Waals surface area contributed by atoms with Gasteiger partial charge in [-0.1, -0.05) is 211 Å². The number of carbonyl (C=O) groups is 2. The van der Waals surface area contributed by atoms with Gasteiger partial charge in [0.25, 0.3) is 11.8 Å². The van der Waals surface area contributed by atoms with Crippen molar-refractivity contribution in [3.05, 3.63) is 154 Å². The van der Waals surface area contributed by atoms with Crippen molar-refractivity contribution < 1.29 is 29.3 Å². The van der Waals surface area contributed by atoms with Crippen molar-refractivity contribution in [1.29, 1.82) is 0 Å². The molecule has 0 spiro atoms. The molecule has 0 fully saturated rings. The van der Waals surface area contributed by atoms with Crippen LogP contribution in [-0.2, 0) is 9.59 Å². The minimum absolute atomic E-state index is 0. The van der Waals surface area contributed by atoms with E-state index in [4.69, 9.17) is 39.4 Å². The van der Waals surface area contributed by atoms with Gasteiger partial charge < -0.3 is 30.3 Å². The van der Waals surface area contributed by atoms with E-state index in [0.29, 0.717) is 34.4 Å². The van der Waals surface area contributed by atoms with Crippen LogP contribution in [0.25, 0.3) is 68.3 Å². The maximum Gasteiger partial charge on any atom is 0.262 e. The van der Waals surface area contributed by atoms with Gasteiger partial charge in [0.1, 0.15) is 23.0 Å². The zero-order valence-corrected chi connectivity index (χ0v) is 53.9. The molecule has 8 rings (SSSR count). The normalized spacial score (nSPS) is 11.7. The van der Waals surface area contributed by atoms with E-state index in [1.807, 2.05) is 104 Å². The SMILES string of the molecule is C.C.C.C.CC(C)CCCCCCC(C)CCC(C)C.Cc1ccc(-c2nc(-c3ccc(C)cc3C)nc(-c3ccc(OC(C)C(=O)NCNC(=O)C(C)Oc4ccc(-c5nc(-c6ccc(C)cc6C)nc(-c6ccc(C)cc6C)n5)c(O)c4)cc3O)n2)c(C)c1. The largest absolute Gasteiger partial charge is 0.507 e. The fourth-order valence-electron chi connectivity index (χ4n) is 10.5. The highest BCUT2D eigenvalue weighted by atomic mass is 16.5. The Labute approximate surface area is 545 Å². The van der Waals surface area contributed by atoms with Gasteiger partial charge in [-0.15, -0.1) is 0 Å². The van der Waals surface area contributed by atoms with Crippen LogP contribution < -0.4 is 20.1 Å². The molecule has 2 amide bonds. The molecule has 0 aliphatic carbocycles. The van der Waals surface area contributed by atoms with Crippen LogP contribution in [0.2, 0.25) is 0 Å². The summed E-state index contributed by atoms with van der Waals surface area (Å²) < 4.78 is 11.8. The molecule has 0 radical (unpaired) electrons. The molecule has 3 unspecified atom stereocenters. The van der Waals surface area contributed by atoms with Crippen molar-refractivity contribution in [2.45, 2.75) is 197 Å². The fourth-order valence-corrected chi connectivity index (χ4v) is 10.5. The van der Waals surface area contributed by atoms with Gasteiger partial charge in [0, 0.05) is 34.4 Å². The van der Waals surface area contributed by atoms with Gasteiger partial charge >= 0.3 is 0 Å². The summed E-state index contributed by atoms with van der Waals surface area (Å²) in [5, 5.41) is 27.9. The molecule has 3 atom stereocenters. The molecule has 0 bridgehead atoms. The van der Waals surface area contributed by atoms with Crippen molar-refractivity contribution >= 4 is 11.8 Å².